The van der Waals surface area contributed by atoms with Gasteiger partial charge in [0.1, 0.15) is 0 Å². The van der Waals surface area contributed by atoms with Gasteiger partial charge in [-0.15, -0.1) is 0 Å². The summed E-state index contributed by atoms with van der Waals surface area (Å²) in [5, 5.41) is 9.61. The Balaban J connectivity index is 2.18. The van der Waals surface area contributed by atoms with Crippen LogP contribution in [-0.2, 0) is 0 Å². The zero-order valence-corrected chi connectivity index (χ0v) is 8.29. The molecule has 3 atom stereocenters. The molecule has 0 aliphatic heterocycles. The van der Waals surface area contributed by atoms with Gasteiger partial charge in [-0.1, -0.05) is 23.8 Å². The van der Waals surface area contributed by atoms with Crippen molar-refractivity contribution in [3.63, 3.8) is 0 Å². The zero-order valence-electron chi connectivity index (χ0n) is 8.29. The molecule has 1 fully saturated rings. The summed E-state index contributed by atoms with van der Waals surface area (Å²) in [6.07, 6.45) is 6.45. The van der Waals surface area contributed by atoms with Crippen molar-refractivity contribution < 1.29 is 5.11 Å². The first-order valence-electron chi connectivity index (χ1n) is 5.20. The van der Waals surface area contributed by atoms with Crippen molar-refractivity contribution >= 4 is 0 Å². The maximum atomic E-state index is 9.61. The number of aliphatic hydroxyl groups is 1. The van der Waals surface area contributed by atoms with Gasteiger partial charge in [-0.25, -0.2) is 0 Å². The summed E-state index contributed by atoms with van der Waals surface area (Å²) in [6, 6.07) is 0. The van der Waals surface area contributed by atoms with Crippen LogP contribution in [0.4, 0.5) is 0 Å². The molecule has 1 heteroatoms. The van der Waals surface area contributed by atoms with Gasteiger partial charge in [0, 0.05) is 0 Å². The van der Waals surface area contributed by atoms with Crippen LogP contribution in [0.25, 0.3) is 0 Å². The lowest BCUT2D eigenvalue weighted by Crippen LogP contribution is -2.30. The van der Waals surface area contributed by atoms with Gasteiger partial charge >= 0.3 is 0 Å². The highest BCUT2D eigenvalue weighted by atomic mass is 16.3. The molecule has 0 aromatic carbocycles. The quantitative estimate of drug-likeness (QED) is 0.565. The molecule has 0 amide bonds. The maximum Gasteiger partial charge on any atom is 0.0583 e. The number of hydrogen-bond acceptors (Lipinski definition) is 1. The molecule has 72 valence electrons. The summed E-state index contributed by atoms with van der Waals surface area (Å²) in [4.78, 5) is 0. The van der Waals surface area contributed by atoms with Gasteiger partial charge < -0.3 is 5.11 Å². The van der Waals surface area contributed by atoms with Crippen molar-refractivity contribution in [2.24, 2.45) is 11.8 Å². The van der Waals surface area contributed by atoms with E-state index in [1.54, 1.807) is 0 Å². The van der Waals surface area contributed by atoms with Crippen molar-refractivity contribution in [2.45, 2.75) is 38.7 Å². The molecule has 0 spiro atoms. The highest BCUT2D eigenvalue weighted by Gasteiger charge is 2.32. The summed E-state index contributed by atoms with van der Waals surface area (Å²) >= 11 is 0. The highest BCUT2D eigenvalue weighted by molar-refractivity contribution is 5.18. The Morgan fingerprint density at radius 1 is 1.54 bits per heavy atom. The van der Waals surface area contributed by atoms with Crippen LogP contribution in [0.3, 0.4) is 0 Å². The van der Waals surface area contributed by atoms with E-state index in [0.717, 1.165) is 12.8 Å². The fourth-order valence-electron chi connectivity index (χ4n) is 2.75. The second-order valence-electron chi connectivity index (χ2n) is 4.57. The largest absolute Gasteiger partial charge is 0.393 e. The monoisotopic (exact) mass is 178 g/mol. The van der Waals surface area contributed by atoms with Gasteiger partial charge in [-0.05, 0) is 44.4 Å². The molecule has 2 aliphatic rings. The lowest BCUT2D eigenvalue weighted by atomic mass is 9.69. The second kappa shape index (κ2) is 3.30. The molecule has 0 bridgehead atoms. The van der Waals surface area contributed by atoms with E-state index in [-0.39, 0.29) is 6.10 Å². The van der Waals surface area contributed by atoms with Crippen molar-refractivity contribution in [2.75, 3.05) is 0 Å². The molecule has 2 rings (SSSR count). The third-order valence-electron chi connectivity index (χ3n) is 3.43. The van der Waals surface area contributed by atoms with Crippen molar-refractivity contribution in [1.82, 2.24) is 0 Å². The minimum Gasteiger partial charge on any atom is -0.393 e. The number of allylic oxidation sites excluding steroid dienone is 2. The van der Waals surface area contributed by atoms with Crippen molar-refractivity contribution in [3.8, 4) is 0 Å². The van der Waals surface area contributed by atoms with E-state index in [1.807, 2.05) is 0 Å². The number of hydrogen-bond donors (Lipinski definition) is 1. The molecule has 0 unspecified atom stereocenters. The average Bonchev–Trinajstić information content (AvgIpc) is 2.02. The van der Waals surface area contributed by atoms with E-state index in [2.05, 4.69) is 19.6 Å². The molecule has 0 saturated heterocycles. The van der Waals surface area contributed by atoms with Crippen LogP contribution in [0.5, 0.6) is 0 Å². The third kappa shape index (κ3) is 1.71. The Hall–Kier alpha value is -0.560. The number of fused-ring (bicyclic) bond motifs is 1. The molecular formula is C12H18O. The molecule has 13 heavy (non-hydrogen) atoms. The van der Waals surface area contributed by atoms with Crippen molar-refractivity contribution in [3.05, 3.63) is 23.8 Å². The molecule has 1 saturated carbocycles. The van der Waals surface area contributed by atoms with Crippen molar-refractivity contribution in [1.29, 1.82) is 0 Å². The lowest BCUT2D eigenvalue weighted by Gasteiger charge is -2.37. The van der Waals surface area contributed by atoms with Crippen LogP contribution in [0, 0.1) is 11.8 Å². The van der Waals surface area contributed by atoms with E-state index in [9.17, 15) is 5.11 Å². The Bertz CT molecular complexity index is 252. The minimum atomic E-state index is -0.143. The summed E-state index contributed by atoms with van der Waals surface area (Å²) in [5.74, 6) is 1.23. The van der Waals surface area contributed by atoms with E-state index in [1.165, 1.54) is 24.0 Å². The van der Waals surface area contributed by atoms with Crippen LogP contribution >= 0.6 is 0 Å². The standard InChI is InChI=1S/C12H18O/c1-8-3-4-12-9(2)6-11(13)7-10(12)5-8/h5,10-13H,2-4,6-7H2,1H3/t10-,11+,12+/m1/s1. The smallest absolute Gasteiger partial charge is 0.0583 e. The van der Waals surface area contributed by atoms with Gasteiger partial charge in [-0.3, -0.25) is 0 Å². The van der Waals surface area contributed by atoms with E-state index in [0.29, 0.717) is 11.8 Å². The molecule has 0 aromatic rings. The normalized spacial score (nSPS) is 39.7. The minimum absolute atomic E-state index is 0.143. The second-order valence-corrected chi connectivity index (χ2v) is 4.57. The first-order valence-corrected chi connectivity index (χ1v) is 5.20. The molecule has 1 N–H and O–H groups in total. The SMILES string of the molecule is C=C1C[C@H](O)C[C@H]2C=C(C)CC[C@@H]12. The Morgan fingerprint density at radius 2 is 2.31 bits per heavy atom. The molecule has 1 nitrogen and oxygen atoms in total. The van der Waals surface area contributed by atoms with Crippen LogP contribution in [0.1, 0.15) is 32.6 Å². The molecular weight excluding hydrogens is 160 g/mol. The first-order chi connectivity index (χ1) is 6.16. The molecule has 0 heterocycles. The van der Waals surface area contributed by atoms with Crippen LogP contribution < -0.4 is 0 Å². The lowest BCUT2D eigenvalue weighted by molar-refractivity contribution is 0.110. The Kier molecular flexibility index (Phi) is 2.29. The topological polar surface area (TPSA) is 20.2 Å². The van der Waals surface area contributed by atoms with Gasteiger partial charge in [-0.2, -0.15) is 0 Å². The van der Waals surface area contributed by atoms with Gasteiger partial charge in [0.15, 0.2) is 0 Å². The Labute approximate surface area is 80.2 Å². The zero-order chi connectivity index (χ0) is 9.42. The summed E-state index contributed by atoms with van der Waals surface area (Å²) < 4.78 is 0. The van der Waals surface area contributed by atoms with E-state index >= 15 is 0 Å². The summed E-state index contributed by atoms with van der Waals surface area (Å²) in [5.41, 5.74) is 2.76. The number of aliphatic hydroxyl groups excluding tert-OH is 1. The van der Waals surface area contributed by atoms with Crippen LogP contribution in [-0.4, -0.2) is 11.2 Å². The summed E-state index contributed by atoms with van der Waals surface area (Å²) in [7, 11) is 0. The predicted octanol–water partition coefficient (Wildman–Crippen LogP) is 2.67. The molecule has 0 radical (unpaired) electrons. The predicted molar refractivity (Wildman–Crippen MR) is 54.4 cm³/mol. The average molecular weight is 178 g/mol. The first kappa shape index (κ1) is 9.01. The third-order valence-corrected chi connectivity index (χ3v) is 3.43. The van der Waals surface area contributed by atoms with Crippen LogP contribution in [0.15, 0.2) is 23.8 Å². The van der Waals surface area contributed by atoms with Gasteiger partial charge in [0.05, 0.1) is 6.10 Å². The number of rotatable bonds is 0. The van der Waals surface area contributed by atoms with Gasteiger partial charge in [0.2, 0.25) is 0 Å². The molecule has 0 aromatic heterocycles. The fraction of sp³-hybridized carbons (Fsp3) is 0.667. The molecule has 2 aliphatic carbocycles. The summed E-state index contributed by atoms with van der Waals surface area (Å²) in [6.45, 7) is 6.28. The fourth-order valence-corrected chi connectivity index (χ4v) is 2.75. The van der Waals surface area contributed by atoms with Gasteiger partial charge in [0.25, 0.3) is 0 Å². The maximum absolute atomic E-state index is 9.61. The van der Waals surface area contributed by atoms with Crippen LogP contribution in [0.2, 0.25) is 0 Å². The van der Waals surface area contributed by atoms with E-state index in [4.69, 9.17) is 0 Å². The van der Waals surface area contributed by atoms with E-state index < -0.39 is 0 Å². The Morgan fingerprint density at radius 3 is 3.08 bits per heavy atom. The highest BCUT2D eigenvalue weighted by Crippen LogP contribution is 2.41.